The summed E-state index contributed by atoms with van der Waals surface area (Å²) in [6, 6.07) is 16.5. The lowest BCUT2D eigenvalue weighted by Gasteiger charge is -2.24. The SMILES string of the molecule is Cc1cc(F)ccc1CC1C[C@@H](C(=O)Nc2ccc(Oc3ccc(F)cc3)cc2)N(C(=O)Cn2ccnn2)C1. The molecular weight excluding hydrogens is 504 g/mol. The number of anilines is 1. The molecule has 1 fully saturated rings. The first kappa shape index (κ1) is 26.0. The van der Waals surface area contributed by atoms with Gasteiger partial charge in [0.1, 0.15) is 35.7 Å². The Morgan fingerprint density at radius 3 is 2.36 bits per heavy atom. The highest BCUT2D eigenvalue weighted by Gasteiger charge is 2.39. The van der Waals surface area contributed by atoms with Crippen LogP contribution in [0.4, 0.5) is 14.5 Å². The number of hydrogen-bond donors (Lipinski definition) is 1. The molecule has 5 rings (SSSR count). The Morgan fingerprint density at radius 1 is 1.00 bits per heavy atom. The second-order valence-corrected chi connectivity index (χ2v) is 9.61. The number of aromatic nitrogens is 3. The van der Waals surface area contributed by atoms with Crippen molar-refractivity contribution in [2.24, 2.45) is 5.92 Å². The number of hydrogen-bond acceptors (Lipinski definition) is 5. The molecule has 3 aromatic carbocycles. The molecule has 2 heterocycles. The van der Waals surface area contributed by atoms with Gasteiger partial charge in [0.05, 0.1) is 6.20 Å². The molecule has 0 saturated carbocycles. The van der Waals surface area contributed by atoms with Crippen molar-refractivity contribution in [3.8, 4) is 11.5 Å². The predicted octanol–water partition coefficient (Wildman–Crippen LogP) is 4.76. The van der Waals surface area contributed by atoms with E-state index in [1.165, 1.54) is 47.3 Å². The van der Waals surface area contributed by atoms with Gasteiger partial charge >= 0.3 is 0 Å². The van der Waals surface area contributed by atoms with E-state index >= 15 is 0 Å². The van der Waals surface area contributed by atoms with E-state index < -0.39 is 6.04 Å². The third-order valence-corrected chi connectivity index (χ3v) is 6.76. The Morgan fingerprint density at radius 2 is 1.69 bits per heavy atom. The first-order chi connectivity index (χ1) is 18.8. The van der Waals surface area contributed by atoms with Gasteiger partial charge < -0.3 is 15.0 Å². The van der Waals surface area contributed by atoms with Crippen LogP contribution in [0.15, 0.2) is 79.1 Å². The van der Waals surface area contributed by atoms with Crippen molar-refractivity contribution in [3.63, 3.8) is 0 Å². The molecule has 2 amide bonds. The summed E-state index contributed by atoms with van der Waals surface area (Å²) in [5.74, 6) is -0.136. The molecule has 0 aliphatic carbocycles. The number of rotatable bonds is 8. The second-order valence-electron chi connectivity index (χ2n) is 9.61. The summed E-state index contributed by atoms with van der Waals surface area (Å²) in [6.45, 7) is 2.23. The van der Waals surface area contributed by atoms with Crippen LogP contribution in [0.1, 0.15) is 17.5 Å². The maximum absolute atomic E-state index is 13.6. The quantitative estimate of drug-likeness (QED) is 0.354. The van der Waals surface area contributed by atoms with Crippen molar-refractivity contribution in [2.45, 2.75) is 32.4 Å². The first-order valence-electron chi connectivity index (χ1n) is 12.6. The summed E-state index contributed by atoms with van der Waals surface area (Å²) in [6.07, 6.45) is 4.18. The number of ether oxygens (including phenoxy) is 1. The van der Waals surface area contributed by atoms with Crippen molar-refractivity contribution in [2.75, 3.05) is 11.9 Å². The van der Waals surface area contributed by atoms with E-state index in [9.17, 15) is 18.4 Å². The zero-order valence-corrected chi connectivity index (χ0v) is 21.3. The van der Waals surface area contributed by atoms with E-state index in [-0.39, 0.29) is 35.9 Å². The molecule has 1 N–H and O–H groups in total. The Bertz CT molecular complexity index is 1440. The lowest BCUT2D eigenvalue weighted by atomic mass is 9.94. The fraction of sp³-hybridized carbons (Fsp3) is 0.241. The number of nitrogens with zero attached hydrogens (tertiary/aromatic N) is 4. The average Bonchev–Trinajstić information content (AvgIpc) is 3.58. The van der Waals surface area contributed by atoms with E-state index in [0.717, 1.165) is 11.1 Å². The van der Waals surface area contributed by atoms with Gasteiger partial charge in [-0.1, -0.05) is 11.3 Å². The molecular formula is C29H27F2N5O3. The number of nitrogens with one attached hydrogen (secondary N) is 1. The lowest BCUT2D eigenvalue weighted by molar-refractivity contribution is -0.137. The van der Waals surface area contributed by atoms with E-state index in [0.29, 0.717) is 36.6 Å². The predicted molar refractivity (Wildman–Crippen MR) is 140 cm³/mol. The van der Waals surface area contributed by atoms with Crippen LogP contribution in [0, 0.1) is 24.5 Å². The standard InChI is InChI=1S/C29H27F2N5O3/c1-19-14-23(31)3-2-21(19)15-20-16-27(36(17-20)28(37)18-35-13-12-32-34-35)29(38)33-24-6-10-26(11-7-24)39-25-8-4-22(30)5-9-25/h2-14,20,27H,15-18H2,1H3,(H,33,38)/t20?,27-/m0/s1. The van der Waals surface area contributed by atoms with Gasteiger partial charge in [0, 0.05) is 18.4 Å². The van der Waals surface area contributed by atoms with Gasteiger partial charge in [0.2, 0.25) is 11.8 Å². The molecule has 2 atom stereocenters. The Labute approximate surface area is 224 Å². The minimum Gasteiger partial charge on any atom is -0.457 e. The monoisotopic (exact) mass is 531 g/mol. The average molecular weight is 532 g/mol. The van der Waals surface area contributed by atoms with Gasteiger partial charge in [-0.2, -0.15) is 0 Å². The molecule has 10 heteroatoms. The summed E-state index contributed by atoms with van der Waals surface area (Å²) in [5.41, 5.74) is 2.38. The third-order valence-electron chi connectivity index (χ3n) is 6.76. The molecule has 0 radical (unpaired) electrons. The third kappa shape index (κ3) is 6.46. The van der Waals surface area contributed by atoms with Crippen LogP contribution in [0.5, 0.6) is 11.5 Å². The lowest BCUT2D eigenvalue weighted by Crippen LogP contribution is -2.44. The molecule has 0 bridgehead atoms. The topological polar surface area (TPSA) is 89.4 Å². The zero-order valence-electron chi connectivity index (χ0n) is 21.3. The number of likely N-dealkylation sites (tertiary alicyclic amines) is 1. The molecule has 4 aromatic rings. The van der Waals surface area contributed by atoms with Crippen molar-refractivity contribution in [1.29, 1.82) is 0 Å². The Kier molecular flexibility index (Phi) is 7.62. The zero-order chi connectivity index (χ0) is 27.4. The summed E-state index contributed by atoms with van der Waals surface area (Å²) in [4.78, 5) is 28.2. The van der Waals surface area contributed by atoms with Crippen molar-refractivity contribution >= 4 is 17.5 Å². The normalized spacial score (nSPS) is 16.7. The highest BCUT2D eigenvalue weighted by atomic mass is 19.1. The Balaban J connectivity index is 1.28. The van der Waals surface area contributed by atoms with Crippen molar-refractivity contribution < 1.29 is 23.1 Å². The van der Waals surface area contributed by atoms with Crippen LogP contribution >= 0.6 is 0 Å². The number of halogens is 2. The molecule has 1 unspecified atom stereocenters. The Hall–Kier alpha value is -4.60. The minimum absolute atomic E-state index is 0.0242. The number of amides is 2. The van der Waals surface area contributed by atoms with E-state index in [2.05, 4.69) is 15.6 Å². The van der Waals surface area contributed by atoms with E-state index in [1.54, 1.807) is 41.4 Å². The van der Waals surface area contributed by atoms with Crippen LogP contribution in [-0.2, 0) is 22.6 Å². The first-order valence-corrected chi connectivity index (χ1v) is 12.6. The minimum atomic E-state index is -0.679. The number of benzene rings is 3. The second kappa shape index (κ2) is 11.4. The summed E-state index contributed by atoms with van der Waals surface area (Å²) >= 11 is 0. The van der Waals surface area contributed by atoms with Gasteiger partial charge in [-0.05, 0) is 97.5 Å². The molecule has 8 nitrogen and oxygen atoms in total. The number of aryl methyl sites for hydroxylation is 1. The van der Waals surface area contributed by atoms with Crippen LogP contribution in [0.2, 0.25) is 0 Å². The largest absolute Gasteiger partial charge is 0.457 e. The van der Waals surface area contributed by atoms with Crippen molar-refractivity contribution in [1.82, 2.24) is 19.9 Å². The molecule has 1 aromatic heterocycles. The van der Waals surface area contributed by atoms with Gasteiger partial charge in [0.25, 0.3) is 0 Å². The van der Waals surface area contributed by atoms with Gasteiger partial charge in [-0.25, -0.2) is 13.5 Å². The number of carbonyl (C=O) groups is 2. The van der Waals surface area contributed by atoms with E-state index in [1.807, 2.05) is 6.92 Å². The summed E-state index contributed by atoms with van der Waals surface area (Å²) in [5, 5.41) is 10.5. The molecule has 200 valence electrons. The van der Waals surface area contributed by atoms with Gasteiger partial charge in [-0.15, -0.1) is 5.10 Å². The fourth-order valence-corrected chi connectivity index (χ4v) is 4.81. The van der Waals surface area contributed by atoms with Crippen LogP contribution in [0.25, 0.3) is 0 Å². The van der Waals surface area contributed by atoms with Crippen LogP contribution in [-0.4, -0.2) is 44.3 Å². The van der Waals surface area contributed by atoms with Gasteiger partial charge in [0.15, 0.2) is 0 Å². The maximum Gasteiger partial charge on any atom is 0.247 e. The highest BCUT2D eigenvalue weighted by Crippen LogP contribution is 2.30. The summed E-state index contributed by atoms with van der Waals surface area (Å²) < 4.78 is 33.9. The summed E-state index contributed by atoms with van der Waals surface area (Å²) in [7, 11) is 0. The van der Waals surface area contributed by atoms with Crippen LogP contribution < -0.4 is 10.1 Å². The molecule has 0 spiro atoms. The van der Waals surface area contributed by atoms with Crippen LogP contribution in [0.3, 0.4) is 0 Å². The molecule has 1 saturated heterocycles. The smallest absolute Gasteiger partial charge is 0.247 e. The van der Waals surface area contributed by atoms with Gasteiger partial charge in [-0.3, -0.25) is 9.59 Å². The maximum atomic E-state index is 13.6. The highest BCUT2D eigenvalue weighted by molar-refractivity contribution is 5.97. The molecule has 1 aliphatic rings. The molecule has 39 heavy (non-hydrogen) atoms. The fourth-order valence-electron chi connectivity index (χ4n) is 4.81. The number of carbonyl (C=O) groups excluding carboxylic acids is 2. The van der Waals surface area contributed by atoms with E-state index in [4.69, 9.17) is 4.74 Å². The van der Waals surface area contributed by atoms with Crippen molar-refractivity contribution in [3.05, 3.63) is 102 Å². The molecule has 1 aliphatic heterocycles.